The van der Waals surface area contributed by atoms with Crippen LogP contribution < -0.4 is 37.7 Å². The van der Waals surface area contributed by atoms with Gasteiger partial charge >= 0.3 is 37.7 Å². The first-order chi connectivity index (χ1) is 14.6. The number of hydrogen-bond acceptors (Lipinski definition) is 0. The van der Waals surface area contributed by atoms with E-state index in [1.54, 1.807) is 0 Å². The van der Waals surface area contributed by atoms with E-state index in [9.17, 15) is 0 Å². The summed E-state index contributed by atoms with van der Waals surface area (Å²) in [7, 11) is 0. The SMILES string of the molecule is CCC(C)C[C-](c1ccccc1)c1[c-]cccc1C(CC(C)CC)c1ccccc1.[Li+].[Li+]. The second-order valence-corrected chi connectivity index (χ2v) is 8.77. The van der Waals surface area contributed by atoms with Crippen molar-refractivity contribution >= 4 is 0 Å². The first-order valence-electron chi connectivity index (χ1n) is 11.6. The molecule has 3 unspecified atom stereocenters. The van der Waals surface area contributed by atoms with Crippen LogP contribution in [-0.4, -0.2) is 0 Å². The van der Waals surface area contributed by atoms with Gasteiger partial charge in [-0.25, -0.2) is 17.2 Å². The van der Waals surface area contributed by atoms with Crippen LogP contribution in [0.15, 0.2) is 78.9 Å². The van der Waals surface area contributed by atoms with Gasteiger partial charge in [0, 0.05) is 0 Å². The predicted molar refractivity (Wildman–Crippen MR) is 130 cm³/mol. The van der Waals surface area contributed by atoms with Crippen molar-refractivity contribution in [1.82, 2.24) is 0 Å². The molecule has 158 valence electrons. The van der Waals surface area contributed by atoms with Gasteiger partial charge in [-0.2, -0.15) is 23.6 Å². The number of rotatable bonds is 10. The topological polar surface area (TPSA) is 0 Å². The zero-order valence-electron chi connectivity index (χ0n) is 21.1. The Labute approximate surface area is 221 Å². The Bertz CT molecular complexity index is 801. The van der Waals surface area contributed by atoms with Gasteiger partial charge in [-0.15, -0.1) is 24.3 Å². The molecule has 0 amide bonds. The van der Waals surface area contributed by atoms with Crippen LogP contribution in [0.1, 0.15) is 81.5 Å². The molecule has 3 rings (SSSR count). The van der Waals surface area contributed by atoms with E-state index in [1.165, 1.54) is 41.0 Å². The van der Waals surface area contributed by atoms with Crippen molar-refractivity contribution in [3.8, 4) is 0 Å². The summed E-state index contributed by atoms with van der Waals surface area (Å²) in [5.74, 6) is 3.15. The zero-order valence-corrected chi connectivity index (χ0v) is 21.1. The van der Waals surface area contributed by atoms with Crippen molar-refractivity contribution in [2.75, 3.05) is 0 Å². The summed E-state index contributed by atoms with van der Waals surface area (Å²) in [6, 6.07) is 32.2. The van der Waals surface area contributed by atoms with Crippen molar-refractivity contribution < 1.29 is 37.7 Å². The summed E-state index contributed by atoms with van der Waals surface area (Å²) in [6.07, 6.45) is 4.64. The predicted octanol–water partition coefficient (Wildman–Crippen LogP) is 2.47. The Morgan fingerprint density at radius 2 is 1.34 bits per heavy atom. The molecule has 0 N–H and O–H groups in total. The first-order valence-corrected chi connectivity index (χ1v) is 11.6. The molecule has 3 aromatic carbocycles. The molecule has 3 aromatic rings. The molecule has 0 aromatic heterocycles. The molecular weight excluding hydrogens is 374 g/mol. The number of hydrogen-bond donors (Lipinski definition) is 0. The van der Waals surface area contributed by atoms with Crippen molar-refractivity contribution in [3.05, 3.63) is 113 Å². The minimum Gasteiger partial charge on any atom is -0.222 e. The maximum absolute atomic E-state index is 3.67. The molecule has 0 saturated heterocycles. The smallest absolute Gasteiger partial charge is 0.222 e. The minimum atomic E-state index is 0. The fourth-order valence-electron chi connectivity index (χ4n) is 4.20. The molecule has 0 fully saturated rings. The minimum absolute atomic E-state index is 0. The zero-order chi connectivity index (χ0) is 21.3. The molecule has 0 nitrogen and oxygen atoms in total. The maximum Gasteiger partial charge on any atom is 1.00 e. The molecule has 0 aliphatic heterocycles. The van der Waals surface area contributed by atoms with Crippen LogP contribution in [0.4, 0.5) is 0 Å². The van der Waals surface area contributed by atoms with Crippen molar-refractivity contribution in [2.45, 2.75) is 59.3 Å². The molecule has 0 heterocycles. The van der Waals surface area contributed by atoms with Crippen molar-refractivity contribution in [1.29, 1.82) is 0 Å². The molecule has 3 atom stereocenters. The maximum atomic E-state index is 3.67. The van der Waals surface area contributed by atoms with Gasteiger partial charge in [-0.3, -0.25) is 0 Å². The summed E-state index contributed by atoms with van der Waals surface area (Å²) >= 11 is 0. The van der Waals surface area contributed by atoms with E-state index in [0.29, 0.717) is 17.8 Å². The second kappa shape index (κ2) is 14.8. The fraction of sp³-hybridized carbons (Fsp3) is 0.367. The Balaban J connectivity index is 0.00000256. The quantitative estimate of drug-likeness (QED) is 0.356. The molecular formula is C30H36Li2. The van der Waals surface area contributed by atoms with Crippen LogP contribution in [0.2, 0.25) is 0 Å². The van der Waals surface area contributed by atoms with E-state index in [0.717, 1.165) is 12.8 Å². The third-order valence-electron chi connectivity index (χ3n) is 6.47. The van der Waals surface area contributed by atoms with E-state index in [2.05, 4.69) is 113 Å². The Morgan fingerprint density at radius 1 is 0.750 bits per heavy atom. The number of benzene rings is 3. The fourth-order valence-corrected chi connectivity index (χ4v) is 4.20. The van der Waals surface area contributed by atoms with Crippen LogP contribution in [0.25, 0.3) is 0 Å². The summed E-state index contributed by atoms with van der Waals surface area (Å²) in [6.45, 7) is 9.33. The second-order valence-electron chi connectivity index (χ2n) is 8.77. The van der Waals surface area contributed by atoms with E-state index < -0.39 is 0 Å². The van der Waals surface area contributed by atoms with Crippen LogP contribution in [-0.2, 0) is 0 Å². The summed E-state index contributed by atoms with van der Waals surface area (Å²) < 4.78 is 0. The standard InChI is InChI=1S/C30H36.2Li/c1-5-23(3)21-29(25-15-9-7-10-16-25)27-19-13-14-20-28(27)30(22-24(4)6-2)26-17-11-8-12-18-26;;/h7-19,23-24,29H,5-6,21-22H2,1-4H3;;/q-2;2*+1. The van der Waals surface area contributed by atoms with Crippen molar-refractivity contribution in [2.24, 2.45) is 11.8 Å². The van der Waals surface area contributed by atoms with Gasteiger partial charge in [0.25, 0.3) is 0 Å². The normalized spacial score (nSPS) is 13.2. The van der Waals surface area contributed by atoms with E-state index >= 15 is 0 Å². The van der Waals surface area contributed by atoms with Gasteiger partial charge in [0.05, 0.1) is 0 Å². The Morgan fingerprint density at radius 3 is 1.94 bits per heavy atom. The average Bonchev–Trinajstić information content (AvgIpc) is 2.81. The molecule has 0 spiro atoms. The molecule has 0 aliphatic carbocycles. The third kappa shape index (κ3) is 7.65. The van der Waals surface area contributed by atoms with Gasteiger partial charge in [-0.05, 0) is 11.8 Å². The van der Waals surface area contributed by atoms with Gasteiger partial charge < -0.3 is 0 Å². The summed E-state index contributed by atoms with van der Waals surface area (Å²) in [4.78, 5) is 0. The van der Waals surface area contributed by atoms with E-state index in [1.807, 2.05) is 0 Å². The van der Waals surface area contributed by atoms with Crippen LogP contribution in [0.3, 0.4) is 0 Å². The molecule has 32 heavy (non-hydrogen) atoms. The van der Waals surface area contributed by atoms with Gasteiger partial charge in [0.1, 0.15) is 0 Å². The third-order valence-corrected chi connectivity index (χ3v) is 6.47. The molecule has 0 saturated carbocycles. The monoisotopic (exact) mass is 410 g/mol. The molecule has 0 bridgehead atoms. The van der Waals surface area contributed by atoms with Gasteiger partial charge in [0.15, 0.2) is 0 Å². The van der Waals surface area contributed by atoms with Crippen LogP contribution in [0.5, 0.6) is 0 Å². The van der Waals surface area contributed by atoms with Crippen LogP contribution in [0, 0.1) is 23.8 Å². The summed E-state index contributed by atoms with van der Waals surface area (Å²) in [5.41, 5.74) is 5.47. The molecule has 2 heteroatoms. The molecule has 0 radical (unpaired) electrons. The first kappa shape index (κ1) is 28.8. The van der Waals surface area contributed by atoms with E-state index in [4.69, 9.17) is 0 Å². The largest absolute Gasteiger partial charge is 1.00 e. The van der Waals surface area contributed by atoms with Crippen molar-refractivity contribution in [3.63, 3.8) is 0 Å². The van der Waals surface area contributed by atoms with E-state index in [-0.39, 0.29) is 37.7 Å². The van der Waals surface area contributed by atoms with Gasteiger partial charge in [0.2, 0.25) is 0 Å². The van der Waals surface area contributed by atoms with Gasteiger partial charge in [-0.1, -0.05) is 107 Å². The Kier molecular flexibility index (Phi) is 13.3. The summed E-state index contributed by atoms with van der Waals surface area (Å²) in [5, 5.41) is 0. The average molecular weight is 411 g/mol. The van der Waals surface area contributed by atoms with Crippen LogP contribution >= 0.6 is 0 Å². The Hall–Kier alpha value is -1.28. The molecule has 0 aliphatic rings.